The number of aryl methyl sites for hydroxylation is 1. The number of nitrogens with one attached hydrogen (secondary N) is 1. The molecule has 142 valence electrons. The number of aromatic nitrogens is 2. The van der Waals surface area contributed by atoms with Crippen LogP contribution in [0, 0.1) is 17.2 Å². The molecule has 28 heavy (non-hydrogen) atoms. The van der Waals surface area contributed by atoms with Crippen LogP contribution >= 0.6 is 11.3 Å². The number of piperidine rings is 1. The molecule has 2 aromatic heterocycles. The quantitative estimate of drug-likeness (QED) is 0.727. The van der Waals surface area contributed by atoms with E-state index in [1.165, 1.54) is 4.88 Å². The molecule has 0 saturated carbocycles. The lowest BCUT2D eigenvalue weighted by molar-refractivity contribution is -0.120. The molecule has 1 saturated heterocycles. The molecule has 1 unspecified atom stereocenters. The van der Waals surface area contributed by atoms with Crippen molar-refractivity contribution in [2.75, 3.05) is 23.3 Å². The van der Waals surface area contributed by atoms with Crippen molar-refractivity contribution in [1.29, 1.82) is 5.26 Å². The van der Waals surface area contributed by atoms with Crippen LogP contribution in [-0.2, 0) is 11.2 Å². The van der Waals surface area contributed by atoms with E-state index in [0.717, 1.165) is 41.8 Å². The highest BCUT2D eigenvalue weighted by Crippen LogP contribution is 2.32. The number of hydrogen-bond acceptors (Lipinski definition) is 6. The van der Waals surface area contributed by atoms with Crippen LogP contribution < -0.4 is 10.2 Å². The molecule has 3 aromatic rings. The Balaban J connectivity index is 1.52. The predicted octanol–water partition coefficient (Wildman–Crippen LogP) is 3.98. The maximum Gasteiger partial charge on any atom is 0.229 e. The predicted molar refractivity (Wildman–Crippen MR) is 112 cm³/mol. The van der Waals surface area contributed by atoms with Crippen LogP contribution in [0.25, 0.3) is 10.2 Å². The molecular weight excluding hydrogens is 370 g/mol. The summed E-state index contributed by atoms with van der Waals surface area (Å²) >= 11 is 1.70. The van der Waals surface area contributed by atoms with Gasteiger partial charge in [0, 0.05) is 23.7 Å². The lowest BCUT2D eigenvalue weighted by atomic mass is 9.96. The first-order valence-corrected chi connectivity index (χ1v) is 10.3. The number of benzene rings is 1. The molecule has 0 spiro atoms. The van der Waals surface area contributed by atoms with Gasteiger partial charge in [0.05, 0.1) is 22.9 Å². The number of hydrogen-bond donors (Lipinski definition) is 1. The van der Waals surface area contributed by atoms with E-state index in [2.05, 4.69) is 39.2 Å². The number of anilines is 2. The Morgan fingerprint density at radius 2 is 2.29 bits per heavy atom. The molecule has 6 nitrogen and oxygen atoms in total. The maximum atomic E-state index is 12.8. The summed E-state index contributed by atoms with van der Waals surface area (Å²) in [5, 5.41) is 13.1. The molecular formula is C21H21N5OS. The van der Waals surface area contributed by atoms with Gasteiger partial charge in [-0.15, -0.1) is 11.3 Å². The maximum absolute atomic E-state index is 12.8. The summed E-state index contributed by atoms with van der Waals surface area (Å²) in [6, 6.07) is 11.3. The van der Waals surface area contributed by atoms with Crippen LogP contribution in [0.4, 0.5) is 11.5 Å². The SMILES string of the molecule is CCc1cc2c(N3CCCC(C(=O)Nc4cccc(C#N)c4)C3)ncnc2s1. The van der Waals surface area contributed by atoms with E-state index in [1.807, 2.05) is 6.07 Å². The number of rotatable bonds is 4. The minimum absolute atomic E-state index is 0.00958. The largest absolute Gasteiger partial charge is 0.355 e. The summed E-state index contributed by atoms with van der Waals surface area (Å²) in [6.07, 6.45) is 4.38. The minimum Gasteiger partial charge on any atom is -0.355 e. The van der Waals surface area contributed by atoms with Crippen molar-refractivity contribution in [3.8, 4) is 6.07 Å². The van der Waals surface area contributed by atoms with Crippen LogP contribution in [0.2, 0.25) is 0 Å². The Morgan fingerprint density at radius 1 is 1.39 bits per heavy atom. The zero-order chi connectivity index (χ0) is 19.5. The number of carbonyl (C=O) groups excluding carboxylic acids is 1. The monoisotopic (exact) mass is 391 g/mol. The molecule has 7 heteroatoms. The molecule has 3 heterocycles. The number of fused-ring (bicyclic) bond motifs is 1. The third kappa shape index (κ3) is 3.69. The number of thiophene rings is 1. The van der Waals surface area contributed by atoms with E-state index >= 15 is 0 Å². The van der Waals surface area contributed by atoms with Gasteiger partial charge in [-0.3, -0.25) is 4.79 Å². The van der Waals surface area contributed by atoms with E-state index in [0.29, 0.717) is 17.8 Å². The van der Waals surface area contributed by atoms with Gasteiger partial charge in [-0.25, -0.2) is 9.97 Å². The summed E-state index contributed by atoms with van der Waals surface area (Å²) < 4.78 is 0. The first-order valence-electron chi connectivity index (χ1n) is 9.47. The van der Waals surface area contributed by atoms with Crippen molar-refractivity contribution in [2.45, 2.75) is 26.2 Å². The summed E-state index contributed by atoms with van der Waals surface area (Å²) in [6.45, 7) is 3.66. The van der Waals surface area contributed by atoms with Gasteiger partial charge in [0.25, 0.3) is 0 Å². The smallest absolute Gasteiger partial charge is 0.229 e. The number of nitrogens with zero attached hydrogens (tertiary/aromatic N) is 4. The summed E-state index contributed by atoms with van der Waals surface area (Å²) in [5.41, 5.74) is 1.20. The molecule has 1 amide bonds. The van der Waals surface area contributed by atoms with Gasteiger partial charge in [-0.2, -0.15) is 5.26 Å². The molecule has 0 radical (unpaired) electrons. The standard InChI is InChI=1S/C21H21N5OS/c1-2-17-10-18-19(23-13-24-21(18)28-17)26-8-4-6-15(12-26)20(27)25-16-7-3-5-14(9-16)11-22/h3,5,7,9-10,13,15H,2,4,6,8,12H2,1H3,(H,25,27). The molecule has 1 aliphatic rings. The van der Waals surface area contributed by atoms with E-state index < -0.39 is 0 Å². The van der Waals surface area contributed by atoms with Gasteiger partial charge in [0.1, 0.15) is 17.0 Å². The van der Waals surface area contributed by atoms with E-state index in [4.69, 9.17) is 5.26 Å². The van der Waals surface area contributed by atoms with Gasteiger partial charge in [0.2, 0.25) is 5.91 Å². The van der Waals surface area contributed by atoms with Crippen LogP contribution in [0.5, 0.6) is 0 Å². The highest BCUT2D eigenvalue weighted by molar-refractivity contribution is 7.18. The highest BCUT2D eigenvalue weighted by atomic mass is 32.1. The first-order chi connectivity index (χ1) is 13.7. The zero-order valence-electron chi connectivity index (χ0n) is 15.7. The molecule has 1 aliphatic heterocycles. The van der Waals surface area contributed by atoms with E-state index in [1.54, 1.807) is 35.9 Å². The fourth-order valence-corrected chi connectivity index (χ4v) is 4.54. The summed E-state index contributed by atoms with van der Waals surface area (Å²) in [4.78, 5) is 26.2. The van der Waals surface area contributed by atoms with Gasteiger partial charge in [-0.05, 0) is 43.5 Å². The highest BCUT2D eigenvalue weighted by Gasteiger charge is 2.28. The van der Waals surface area contributed by atoms with Crippen LogP contribution in [0.3, 0.4) is 0 Å². The van der Waals surface area contributed by atoms with Gasteiger partial charge in [-0.1, -0.05) is 13.0 Å². The fourth-order valence-electron chi connectivity index (χ4n) is 3.61. The van der Waals surface area contributed by atoms with Crippen molar-refractivity contribution in [2.24, 2.45) is 5.92 Å². The normalized spacial score (nSPS) is 16.7. The molecule has 1 aromatic carbocycles. The lowest BCUT2D eigenvalue weighted by Gasteiger charge is -2.33. The Morgan fingerprint density at radius 3 is 3.11 bits per heavy atom. The van der Waals surface area contributed by atoms with Crippen LogP contribution in [-0.4, -0.2) is 29.0 Å². The Bertz CT molecular complexity index is 1050. The molecule has 1 atom stereocenters. The van der Waals surface area contributed by atoms with Crippen molar-refractivity contribution in [1.82, 2.24) is 9.97 Å². The molecule has 1 fully saturated rings. The molecule has 1 N–H and O–H groups in total. The average molecular weight is 392 g/mol. The van der Waals surface area contributed by atoms with Crippen LogP contribution in [0.1, 0.15) is 30.2 Å². The van der Waals surface area contributed by atoms with Crippen molar-refractivity contribution in [3.63, 3.8) is 0 Å². The van der Waals surface area contributed by atoms with Crippen LogP contribution in [0.15, 0.2) is 36.7 Å². The first kappa shape index (κ1) is 18.4. The van der Waals surface area contributed by atoms with Crippen molar-refractivity contribution < 1.29 is 4.79 Å². The molecule has 0 bridgehead atoms. The van der Waals surface area contributed by atoms with E-state index in [9.17, 15) is 4.79 Å². The zero-order valence-corrected chi connectivity index (χ0v) is 16.5. The van der Waals surface area contributed by atoms with E-state index in [-0.39, 0.29) is 11.8 Å². The Labute approximate surface area is 167 Å². The third-order valence-electron chi connectivity index (χ3n) is 5.06. The second kappa shape index (κ2) is 7.95. The minimum atomic E-state index is -0.117. The number of carbonyl (C=O) groups is 1. The second-order valence-corrected chi connectivity index (χ2v) is 8.06. The number of nitriles is 1. The Hall–Kier alpha value is -2.98. The van der Waals surface area contributed by atoms with Gasteiger partial charge in [0.15, 0.2) is 0 Å². The van der Waals surface area contributed by atoms with Gasteiger partial charge < -0.3 is 10.2 Å². The second-order valence-electron chi connectivity index (χ2n) is 6.95. The average Bonchev–Trinajstić information content (AvgIpc) is 3.17. The third-order valence-corrected chi connectivity index (χ3v) is 6.25. The fraction of sp³-hybridized carbons (Fsp3) is 0.333. The van der Waals surface area contributed by atoms with Gasteiger partial charge >= 0.3 is 0 Å². The van der Waals surface area contributed by atoms with Crippen molar-refractivity contribution >= 4 is 39.0 Å². The summed E-state index contributed by atoms with van der Waals surface area (Å²) in [7, 11) is 0. The molecule has 4 rings (SSSR count). The Kier molecular flexibility index (Phi) is 5.22. The molecule has 0 aliphatic carbocycles. The lowest BCUT2D eigenvalue weighted by Crippen LogP contribution is -2.41. The topological polar surface area (TPSA) is 81.9 Å². The van der Waals surface area contributed by atoms with Crippen molar-refractivity contribution in [3.05, 3.63) is 47.1 Å². The number of amides is 1. The summed E-state index contributed by atoms with van der Waals surface area (Å²) in [5.74, 6) is 0.795.